The Morgan fingerprint density at radius 2 is 2.07 bits per heavy atom. The Hall–Kier alpha value is -0.780. The zero-order valence-electron chi connectivity index (χ0n) is 7.25. The number of hydrazine groups is 1. The van der Waals surface area contributed by atoms with Gasteiger partial charge in [0.25, 0.3) is 0 Å². The molecule has 3 N–H and O–H groups in total. The first-order chi connectivity index (χ1) is 6.54. The van der Waals surface area contributed by atoms with Gasteiger partial charge >= 0.3 is 5.38 Å². The fourth-order valence-electron chi connectivity index (χ4n) is 1.02. The predicted molar refractivity (Wildman–Crippen MR) is 49.9 cm³/mol. The van der Waals surface area contributed by atoms with Crippen LogP contribution in [0.5, 0.6) is 0 Å². The monoisotopic (exact) mass is 221 g/mol. The van der Waals surface area contributed by atoms with Gasteiger partial charge in [0.15, 0.2) is 0 Å². The maximum atomic E-state index is 12.7. The molecule has 0 amide bonds. The van der Waals surface area contributed by atoms with Crippen LogP contribution < -0.4 is 11.3 Å². The first kappa shape index (κ1) is 11.3. The lowest BCUT2D eigenvalue weighted by molar-refractivity contribution is 0.0502. The zero-order chi connectivity index (χ0) is 10.6. The number of hydrogen-bond donors (Lipinski definition) is 2. The van der Waals surface area contributed by atoms with Gasteiger partial charge < -0.3 is 0 Å². The van der Waals surface area contributed by atoms with Crippen LogP contribution in [0.25, 0.3) is 0 Å². The van der Waals surface area contributed by atoms with Gasteiger partial charge in [-0.25, -0.2) is 5.43 Å². The van der Waals surface area contributed by atoms with Crippen molar-refractivity contribution in [2.75, 3.05) is 0 Å². The molecule has 0 saturated heterocycles. The Morgan fingerprint density at radius 3 is 2.50 bits per heavy atom. The van der Waals surface area contributed by atoms with E-state index in [2.05, 4.69) is 4.98 Å². The van der Waals surface area contributed by atoms with Crippen molar-refractivity contribution in [2.45, 2.75) is 17.8 Å². The molecule has 0 saturated carbocycles. The average Bonchev–Trinajstić information content (AvgIpc) is 2.14. The highest BCUT2D eigenvalue weighted by Gasteiger charge is 2.36. The molecule has 0 spiro atoms. The van der Waals surface area contributed by atoms with Crippen molar-refractivity contribution in [1.29, 1.82) is 0 Å². The van der Waals surface area contributed by atoms with Crippen LogP contribution in [0.15, 0.2) is 24.5 Å². The van der Waals surface area contributed by atoms with Crippen LogP contribution in [-0.4, -0.2) is 16.4 Å². The van der Waals surface area contributed by atoms with Crippen LogP contribution in [0.3, 0.4) is 0 Å². The minimum atomic E-state index is -3.36. The van der Waals surface area contributed by atoms with Crippen LogP contribution >= 0.6 is 11.6 Å². The molecule has 3 nitrogen and oxygen atoms in total. The number of pyridine rings is 1. The van der Waals surface area contributed by atoms with Gasteiger partial charge in [-0.15, -0.1) is 0 Å². The number of nitrogens with one attached hydrogen (secondary N) is 1. The van der Waals surface area contributed by atoms with E-state index < -0.39 is 11.4 Å². The first-order valence-corrected chi connectivity index (χ1v) is 4.33. The van der Waals surface area contributed by atoms with Gasteiger partial charge in [0.05, 0.1) is 0 Å². The highest BCUT2D eigenvalue weighted by atomic mass is 35.5. The maximum absolute atomic E-state index is 12.7. The van der Waals surface area contributed by atoms with Gasteiger partial charge in [0.1, 0.15) is 6.04 Å². The highest BCUT2D eigenvalue weighted by molar-refractivity contribution is 6.22. The third-order valence-electron chi connectivity index (χ3n) is 1.79. The number of nitrogens with two attached hydrogens (primary N) is 1. The van der Waals surface area contributed by atoms with Gasteiger partial charge in [0.2, 0.25) is 0 Å². The topological polar surface area (TPSA) is 50.9 Å². The largest absolute Gasteiger partial charge is 0.338 e. The molecule has 0 radical (unpaired) electrons. The number of nitrogens with zero attached hydrogens (tertiary/aromatic N) is 1. The number of rotatable bonds is 4. The van der Waals surface area contributed by atoms with Crippen molar-refractivity contribution < 1.29 is 8.78 Å². The molecule has 0 bridgehead atoms. The average molecular weight is 222 g/mol. The smallest absolute Gasteiger partial charge is 0.271 e. The summed E-state index contributed by atoms with van der Waals surface area (Å²) in [5.74, 6) is 4.98. The summed E-state index contributed by atoms with van der Waals surface area (Å²) in [6.45, 7) is 0. The quantitative estimate of drug-likeness (QED) is 0.458. The van der Waals surface area contributed by atoms with E-state index >= 15 is 0 Å². The molecule has 1 unspecified atom stereocenters. The molecule has 0 aromatic carbocycles. The van der Waals surface area contributed by atoms with E-state index in [1.54, 1.807) is 12.1 Å². The Balaban J connectivity index is 2.67. The Bertz CT molecular complexity index is 276. The summed E-state index contributed by atoms with van der Waals surface area (Å²) >= 11 is 4.86. The minimum Gasteiger partial charge on any atom is -0.271 e. The summed E-state index contributed by atoms with van der Waals surface area (Å²) in [6.07, 6.45) is 3.10. The van der Waals surface area contributed by atoms with Crippen molar-refractivity contribution in [2.24, 2.45) is 5.84 Å². The summed E-state index contributed by atoms with van der Waals surface area (Å²) in [5.41, 5.74) is 2.69. The molecule has 78 valence electrons. The predicted octanol–water partition coefficient (Wildman–Crippen LogP) is 1.29. The Kier molecular flexibility index (Phi) is 3.74. The maximum Gasteiger partial charge on any atom is 0.338 e. The fourth-order valence-corrected chi connectivity index (χ4v) is 1.16. The second kappa shape index (κ2) is 4.63. The van der Waals surface area contributed by atoms with Gasteiger partial charge in [-0.2, -0.15) is 8.78 Å². The fraction of sp³-hybridized carbons (Fsp3) is 0.375. The van der Waals surface area contributed by atoms with Crippen molar-refractivity contribution in [3.05, 3.63) is 30.1 Å². The van der Waals surface area contributed by atoms with Gasteiger partial charge in [-0.1, -0.05) is 0 Å². The summed E-state index contributed by atoms with van der Waals surface area (Å²) in [6, 6.07) is 1.98. The zero-order valence-corrected chi connectivity index (χ0v) is 8.01. The van der Waals surface area contributed by atoms with Crippen LogP contribution in [0, 0.1) is 0 Å². The normalized spacial score (nSPS) is 14.0. The Morgan fingerprint density at radius 1 is 1.50 bits per heavy atom. The molecule has 1 aromatic heterocycles. The standard InChI is InChI=1S/C8H10ClF2N3/c9-8(10,11)7(14-12)5-6-1-3-13-4-2-6/h1-4,7,14H,5,12H2. The molecule has 1 heterocycles. The molecule has 0 aliphatic heterocycles. The molecular formula is C8H10ClF2N3. The van der Waals surface area contributed by atoms with E-state index in [0.29, 0.717) is 5.56 Å². The highest BCUT2D eigenvalue weighted by Crippen LogP contribution is 2.25. The number of hydrogen-bond acceptors (Lipinski definition) is 3. The SMILES string of the molecule is NNC(Cc1ccncc1)C(F)(F)Cl. The van der Waals surface area contributed by atoms with Crippen molar-refractivity contribution >= 4 is 11.6 Å². The van der Waals surface area contributed by atoms with Crippen LogP contribution in [-0.2, 0) is 6.42 Å². The molecule has 1 atom stereocenters. The van der Waals surface area contributed by atoms with Crippen molar-refractivity contribution in [1.82, 2.24) is 10.4 Å². The van der Waals surface area contributed by atoms with Crippen molar-refractivity contribution in [3.63, 3.8) is 0 Å². The molecule has 1 aromatic rings. The summed E-state index contributed by atoms with van der Waals surface area (Å²) in [7, 11) is 0. The molecule has 0 aliphatic carbocycles. The van der Waals surface area contributed by atoms with E-state index in [1.165, 1.54) is 12.4 Å². The van der Waals surface area contributed by atoms with E-state index in [0.717, 1.165) is 0 Å². The molecule has 0 aliphatic rings. The molecule has 6 heteroatoms. The van der Waals surface area contributed by atoms with Gasteiger partial charge in [0, 0.05) is 12.4 Å². The lowest BCUT2D eigenvalue weighted by Crippen LogP contribution is -2.46. The third kappa shape index (κ3) is 3.17. The van der Waals surface area contributed by atoms with Crippen molar-refractivity contribution in [3.8, 4) is 0 Å². The molecule has 1 rings (SSSR count). The van der Waals surface area contributed by atoms with E-state index in [4.69, 9.17) is 17.4 Å². The lowest BCUT2D eigenvalue weighted by Gasteiger charge is -2.20. The van der Waals surface area contributed by atoms with Gasteiger partial charge in [-0.05, 0) is 35.7 Å². The first-order valence-electron chi connectivity index (χ1n) is 3.96. The lowest BCUT2D eigenvalue weighted by atomic mass is 10.1. The van der Waals surface area contributed by atoms with E-state index in [9.17, 15) is 8.78 Å². The van der Waals surface area contributed by atoms with E-state index in [1.807, 2.05) is 5.43 Å². The van der Waals surface area contributed by atoms with Crippen LogP contribution in [0.2, 0.25) is 0 Å². The summed E-state index contributed by atoms with van der Waals surface area (Å²) in [4.78, 5) is 3.77. The number of aromatic nitrogens is 1. The summed E-state index contributed by atoms with van der Waals surface area (Å²) < 4.78 is 25.4. The molecule has 14 heavy (non-hydrogen) atoms. The van der Waals surface area contributed by atoms with Crippen LogP contribution in [0.4, 0.5) is 8.78 Å². The second-order valence-corrected chi connectivity index (χ2v) is 3.32. The van der Waals surface area contributed by atoms with E-state index in [-0.39, 0.29) is 6.42 Å². The molecule has 0 fully saturated rings. The van der Waals surface area contributed by atoms with Gasteiger partial charge in [-0.3, -0.25) is 10.8 Å². The summed E-state index contributed by atoms with van der Waals surface area (Å²) in [5, 5.41) is -3.36. The Labute approximate surface area is 85.2 Å². The number of alkyl halides is 3. The third-order valence-corrected chi connectivity index (χ3v) is 2.05. The second-order valence-electron chi connectivity index (χ2n) is 2.82. The number of halogens is 3. The minimum absolute atomic E-state index is 0.0511. The van der Waals surface area contributed by atoms with Crippen LogP contribution in [0.1, 0.15) is 5.56 Å². The molecular weight excluding hydrogens is 212 g/mol.